The Bertz CT molecular complexity index is 706. The number of aliphatic hydroxyl groups is 9. The number of carboxylic acids is 1. The molecule has 3 saturated heterocycles. The highest BCUT2D eigenvalue weighted by Gasteiger charge is 2.54. The van der Waals surface area contributed by atoms with E-state index in [-0.39, 0.29) is 0 Å². The minimum atomic E-state index is -1.90. The number of ether oxygens (including phenoxy) is 5. The van der Waals surface area contributed by atoms with Gasteiger partial charge in [0.2, 0.25) is 0 Å². The molecule has 0 amide bonds. The summed E-state index contributed by atoms with van der Waals surface area (Å²) in [6.45, 7) is -0.192. The molecule has 0 aromatic heterocycles. The third-order valence-corrected chi connectivity index (χ3v) is 6.32. The van der Waals surface area contributed by atoms with Gasteiger partial charge in [-0.1, -0.05) is 0 Å². The van der Waals surface area contributed by atoms with Crippen LogP contribution in [-0.2, 0) is 28.5 Å². The molecular formula is C19H32O16. The molecule has 0 aromatic rings. The van der Waals surface area contributed by atoms with E-state index in [1.54, 1.807) is 0 Å². The first-order valence-electron chi connectivity index (χ1n) is 10.9. The first-order chi connectivity index (χ1) is 16.4. The van der Waals surface area contributed by atoms with Crippen molar-refractivity contribution in [1.29, 1.82) is 0 Å². The number of hydrogen-bond acceptors (Lipinski definition) is 15. The molecule has 3 rings (SSSR count). The van der Waals surface area contributed by atoms with E-state index in [1.807, 2.05) is 0 Å². The van der Waals surface area contributed by atoms with Gasteiger partial charge < -0.3 is 74.7 Å². The normalized spacial score (nSPS) is 51.2. The van der Waals surface area contributed by atoms with Gasteiger partial charge in [-0.2, -0.15) is 0 Å². The topological polar surface area (TPSA) is 266 Å². The molecule has 35 heavy (non-hydrogen) atoms. The molecule has 0 aromatic carbocycles. The molecule has 0 saturated carbocycles. The zero-order chi connectivity index (χ0) is 26.2. The van der Waals surface area contributed by atoms with Gasteiger partial charge in [0.05, 0.1) is 19.3 Å². The lowest BCUT2D eigenvalue weighted by atomic mass is 9.93. The number of carboxylic acid groups (broad SMARTS) is 1. The smallest absolute Gasteiger partial charge is 0.335 e. The Labute approximate surface area is 198 Å². The Hall–Kier alpha value is -1.09. The van der Waals surface area contributed by atoms with Crippen LogP contribution in [0.15, 0.2) is 0 Å². The quantitative estimate of drug-likeness (QED) is 0.151. The highest BCUT2D eigenvalue weighted by molar-refractivity contribution is 5.73. The van der Waals surface area contributed by atoms with E-state index in [0.29, 0.717) is 0 Å². The molecule has 204 valence electrons. The minimum absolute atomic E-state index is 0.742. The third-order valence-electron chi connectivity index (χ3n) is 6.32. The molecule has 16 nitrogen and oxygen atoms in total. The van der Waals surface area contributed by atoms with Crippen LogP contribution in [0.25, 0.3) is 0 Å². The summed E-state index contributed by atoms with van der Waals surface area (Å²) >= 11 is 0. The van der Waals surface area contributed by atoms with Crippen molar-refractivity contribution in [2.45, 2.75) is 98.9 Å². The molecule has 16 heteroatoms. The molecule has 0 aliphatic carbocycles. The first-order valence-corrected chi connectivity index (χ1v) is 10.9. The molecule has 15 atom stereocenters. The second-order valence-electron chi connectivity index (χ2n) is 8.69. The van der Waals surface area contributed by atoms with Crippen molar-refractivity contribution < 1.29 is 79.5 Å². The van der Waals surface area contributed by atoms with Crippen molar-refractivity contribution in [3.05, 3.63) is 0 Å². The Balaban J connectivity index is 1.80. The summed E-state index contributed by atoms with van der Waals surface area (Å²) in [4.78, 5) is 11.8. The van der Waals surface area contributed by atoms with Crippen LogP contribution >= 0.6 is 0 Å². The second-order valence-corrected chi connectivity index (χ2v) is 8.69. The van der Waals surface area contributed by atoms with Crippen LogP contribution in [-0.4, -0.2) is 162 Å². The zero-order valence-electron chi connectivity index (χ0n) is 18.5. The van der Waals surface area contributed by atoms with Crippen molar-refractivity contribution in [1.82, 2.24) is 0 Å². The summed E-state index contributed by atoms with van der Waals surface area (Å²) in [6.07, 6.45) is -25.0. The van der Waals surface area contributed by atoms with E-state index in [9.17, 15) is 55.9 Å². The predicted octanol–water partition coefficient (Wildman–Crippen LogP) is -6.41. The van der Waals surface area contributed by atoms with Crippen LogP contribution in [0, 0.1) is 0 Å². The van der Waals surface area contributed by atoms with Gasteiger partial charge in [0.1, 0.15) is 67.1 Å². The van der Waals surface area contributed by atoms with E-state index in [2.05, 4.69) is 0 Å². The maximum Gasteiger partial charge on any atom is 0.335 e. The molecule has 0 radical (unpaired) electrons. The fourth-order valence-corrected chi connectivity index (χ4v) is 4.24. The van der Waals surface area contributed by atoms with Crippen LogP contribution in [0.2, 0.25) is 0 Å². The van der Waals surface area contributed by atoms with Gasteiger partial charge in [-0.25, -0.2) is 4.79 Å². The summed E-state index contributed by atoms with van der Waals surface area (Å²) < 4.78 is 26.8. The summed E-state index contributed by atoms with van der Waals surface area (Å²) in [5.74, 6) is -1.57. The molecule has 1 unspecified atom stereocenters. The van der Waals surface area contributed by atoms with Crippen molar-refractivity contribution in [2.75, 3.05) is 13.2 Å². The van der Waals surface area contributed by atoms with Crippen molar-refractivity contribution >= 4 is 5.97 Å². The van der Waals surface area contributed by atoms with Crippen LogP contribution in [0.1, 0.15) is 6.92 Å². The average molecular weight is 516 g/mol. The first kappa shape index (κ1) is 28.5. The number of aliphatic carboxylic acids is 1. The molecule has 3 aliphatic rings. The summed E-state index contributed by atoms with van der Waals surface area (Å²) in [5.41, 5.74) is 0. The maximum atomic E-state index is 11.8. The molecule has 3 heterocycles. The van der Waals surface area contributed by atoms with Gasteiger partial charge in [-0.05, 0) is 6.92 Å². The Morgan fingerprint density at radius 1 is 0.657 bits per heavy atom. The largest absolute Gasteiger partial charge is 0.479 e. The Kier molecular flexibility index (Phi) is 9.38. The lowest BCUT2D eigenvalue weighted by molar-refractivity contribution is -0.360. The van der Waals surface area contributed by atoms with Gasteiger partial charge in [-0.3, -0.25) is 0 Å². The van der Waals surface area contributed by atoms with Crippen LogP contribution in [0.3, 0.4) is 0 Å². The number of hydrogen-bond donors (Lipinski definition) is 10. The second kappa shape index (κ2) is 11.5. The van der Waals surface area contributed by atoms with E-state index >= 15 is 0 Å². The van der Waals surface area contributed by atoms with Crippen LogP contribution in [0.4, 0.5) is 0 Å². The number of rotatable bonds is 7. The zero-order valence-corrected chi connectivity index (χ0v) is 18.5. The number of carbonyl (C=O) groups is 1. The fraction of sp³-hybridized carbons (Fsp3) is 0.947. The van der Waals surface area contributed by atoms with Crippen LogP contribution < -0.4 is 0 Å². The standard InChI is InChI=1S/C19H32O16/c1-4-14(34-18-11(26)9(24)7(22)5(2-20)32-18)13(28)15(16(31-4)17(29)30)35-19-12(27)10(25)8(23)6(3-21)33-19/h4-16,18-28H,2-3H2,1H3,(H,29,30)/t4-,5+,6+,7+,8+,9-,10-,11+,12+,13?,14-,15-,16-,18-,19-/m0/s1. The Morgan fingerprint density at radius 2 is 1.09 bits per heavy atom. The highest BCUT2D eigenvalue weighted by Crippen LogP contribution is 2.32. The lowest BCUT2D eigenvalue weighted by Gasteiger charge is -2.47. The molecule has 0 spiro atoms. The van der Waals surface area contributed by atoms with E-state index < -0.39 is 111 Å². The lowest BCUT2D eigenvalue weighted by Crippen LogP contribution is -2.66. The fourth-order valence-electron chi connectivity index (χ4n) is 4.24. The summed E-state index contributed by atoms with van der Waals surface area (Å²) in [7, 11) is 0. The van der Waals surface area contributed by atoms with Gasteiger partial charge in [0, 0.05) is 0 Å². The molecule has 3 aliphatic heterocycles. The van der Waals surface area contributed by atoms with Crippen molar-refractivity contribution in [3.8, 4) is 0 Å². The van der Waals surface area contributed by atoms with Crippen molar-refractivity contribution in [3.63, 3.8) is 0 Å². The molecule has 3 fully saturated rings. The molecular weight excluding hydrogens is 484 g/mol. The van der Waals surface area contributed by atoms with Gasteiger partial charge in [0.25, 0.3) is 0 Å². The van der Waals surface area contributed by atoms with Gasteiger partial charge in [0.15, 0.2) is 18.7 Å². The summed E-state index contributed by atoms with van der Waals surface area (Å²) in [5, 5.41) is 99.3. The van der Waals surface area contributed by atoms with Gasteiger partial charge >= 0.3 is 5.97 Å². The SMILES string of the molecule is C[C@@H]1O[C@H](C(=O)O)[C@@H](O[C@@H]2O[C@H](CO)[C@@H](O)[C@H](O)[C@H]2O)C(O)[C@H]1O[C@@H]1O[C@H](CO)[C@@H](O)[C@H](O)[C@H]1O. The van der Waals surface area contributed by atoms with E-state index in [0.717, 1.165) is 0 Å². The van der Waals surface area contributed by atoms with Crippen LogP contribution in [0.5, 0.6) is 0 Å². The van der Waals surface area contributed by atoms with Gasteiger partial charge in [-0.15, -0.1) is 0 Å². The molecule has 0 bridgehead atoms. The predicted molar refractivity (Wildman–Crippen MR) is 105 cm³/mol. The maximum absolute atomic E-state index is 11.8. The Morgan fingerprint density at radius 3 is 1.49 bits per heavy atom. The highest BCUT2D eigenvalue weighted by atomic mass is 16.7. The monoisotopic (exact) mass is 516 g/mol. The summed E-state index contributed by atoms with van der Waals surface area (Å²) in [6, 6.07) is 0. The third kappa shape index (κ3) is 5.60. The van der Waals surface area contributed by atoms with E-state index in [4.69, 9.17) is 23.7 Å². The van der Waals surface area contributed by atoms with Crippen molar-refractivity contribution in [2.24, 2.45) is 0 Å². The number of aliphatic hydroxyl groups excluding tert-OH is 9. The average Bonchev–Trinajstić information content (AvgIpc) is 2.82. The molecule has 10 N–H and O–H groups in total. The minimum Gasteiger partial charge on any atom is -0.479 e. The van der Waals surface area contributed by atoms with E-state index in [1.165, 1.54) is 6.92 Å².